The van der Waals surface area contributed by atoms with Crippen LogP contribution in [0.4, 0.5) is 0 Å². The Bertz CT molecular complexity index is 855. The van der Waals surface area contributed by atoms with Crippen molar-refractivity contribution in [1.29, 1.82) is 0 Å². The molecule has 7 heteroatoms. The van der Waals surface area contributed by atoms with Crippen LogP contribution in [0.2, 0.25) is 0 Å². The summed E-state index contributed by atoms with van der Waals surface area (Å²) in [5, 5.41) is 0. The van der Waals surface area contributed by atoms with Gasteiger partial charge in [-0.15, -0.1) is 0 Å². The van der Waals surface area contributed by atoms with Gasteiger partial charge in [-0.3, -0.25) is 0 Å². The Morgan fingerprint density at radius 2 is 2.05 bits per heavy atom. The molecule has 0 spiro atoms. The molecule has 0 amide bonds. The van der Waals surface area contributed by atoms with E-state index < -0.39 is 10.0 Å². The molecule has 0 unspecified atom stereocenters. The predicted octanol–water partition coefficient (Wildman–Crippen LogP) is 1.37. The van der Waals surface area contributed by atoms with Crippen molar-refractivity contribution in [1.82, 2.24) is 18.9 Å². The van der Waals surface area contributed by atoms with Crippen molar-refractivity contribution in [3.05, 3.63) is 48.7 Å². The number of nitrogens with zero attached hydrogens (tertiary/aromatic N) is 4. The maximum Gasteiger partial charge on any atom is 0.270 e. The van der Waals surface area contributed by atoms with Gasteiger partial charge in [-0.1, -0.05) is 12.1 Å². The molecule has 0 saturated heterocycles. The number of benzene rings is 1. The molecule has 19 heavy (non-hydrogen) atoms. The van der Waals surface area contributed by atoms with Crippen molar-refractivity contribution >= 4 is 21.2 Å². The zero-order chi connectivity index (χ0) is 13.5. The molecular weight excluding hydrogens is 264 g/mol. The van der Waals surface area contributed by atoms with Gasteiger partial charge in [0.05, 0.1) is 11.1 Å². The molecule has 3 aromatic rings. The minimum absolute atomic E-state index is 0.213. The summed E-state index contributed by atoms with van der Waals surface area (Å²) in [6.07, 6.45) is 4.02. The summed E-state index contributed by atoms with van der Waals surface area (Å²) in [7, 11) is -3.68. The first kappa shape index (κ1) is 11.8. The molecule has 0 aliphatic rings. The molecule has 0 aliphatic carbocycles. The lowest BCUT2D eigenvalue weighted by Gasteiger charge is -2.06. The number of aromatic nitrogens is 4. The normalized spacial score (nSPS) is 11.8. The first-order valence-electron chi connectivity index (χ1n) is 5.54. The Labute approximate surface area is 109 Å². The first-order valence-corrected chi connectivity index (χ1v) is 6.98. The first-order chi connectivity index (χ1) is 9.09. The van der Waals surface area contributed by atoms with Crippen LogP contribution in [0.15, 0.2) is 48.0 Å². The minimum Gasteiger partial charge on any atom is -0.242 e. The van der Waals surface area contributed by atoms with E-state index in [0.717, 1.165) is 9.54 Å². The van der Waals surface area contributed by atoms with Crippen LogP contribution in [0.3, 0.4) is 0 Å². The Morgan fingerprint density at radius 3 is 2.84 bits per heavy atom. The molecule has 0 saturated carbocycles. The number of hydrogen-bond donors (Lipinski definition) is 0. The van der Waals surface area contributed by atoms with E-state index in [9.17, 15) is 8.42 Å². The summed E-state index contributed by atoms with van der Waals surface area (Å²) in [4.78, 5) is 12.0. The van der Waals surface area contributed by atoms with Crippen LogP contribution >= 0.6 is 0 Å². The number of aryl methyl sites for hydroxylation is 1. The van der Waals surface area contributed by atoms with Gasteiger partial charge in [-0.25, -0.2) is 27.3 Å². The van der Waals surface area contributed by atoms with E-state index >= 15 is 0 Å². The van der Waals surface area contributed by atoms with Crippen molar-refractivity contribution in [2.75, 3.05) is 0 Å². The quantitative estimate of drug-likeness (QED) is 0.705. The molecule has 3 rings (SSSR count). The van der Waals surface area contributed by atoms with E-state index in [-0.39, 0.29) is 10.5 Å². The second kappa shape index (κ2) is 4.13. The van der Waals surface area contributed by atoms with Gasteiger partial charge in [0.15, 0.2) is 5.65 Å². The van der Waals surface area contributed by atoms with Crippen molar-refractivity contribution in [3.8, 4) is 0 Å². The molecule has 0 aliphatic heterocycles. The molecular formula is C12H10N4O2S. The van der Waals surface area contributed by atoms with E-state index in [4.69, 9.17) is 0 Å². The number of rotatable bonds is 2. The summed E-state index contributed by atoms with van der Waals surface area (Å²) in [6.45, 7) is 1.84. The van der Waals surface area contributed by atoms with Crippen molar-refractivity contribution < 1.29 is 8.42 Å². The van der Waals surface area contributed by atoms with E-state index in [2.05, 4.69) is 15.0 Å². The van der Waals surface area contributed by atoms with Crippen LogP contribution in [0.1, 0.15) is 5.56 Å². The predicted molar refractivity (Wildman–Crippen MR) is 69.1 cm³/mol. The van der Waals surface area contributed by atoms with Crippen LogP contribution in [0.5, 0.6) is 0 Å². The Morgan fingerprint density at radius 1 is 1.21 bits per heavy atom. The lowest BCUT2D eigenvalue weighted by molar-refractivity contribution is 0.588. The largest absolute Gasteiger partial charge is 0.270 e. The average Bonchev–Trinajstić information content (AvgIpc) is 2.83. The third-order valence-electron chi connectivity index (χ3n) is 2.73. The Hall–Kier alpha value is -2.28. The van der Waals surface area contributed by atoms with Gasteiger partial charge in [0.1, 0.15) is 18.2 Å². The fraction of sp³-hybridized carbons (Fsp3) is 0.0833. The molecule has 2 heterocycles. The van der Waals surface area contributed by atoms with Gasteiger partial charge in [0, 0.05) is 0 Å². The number of imidazole rings is 1. The number of hydrogen-bond acceptors (Lipinski definition) is 5. The van der Waals surface area contributed by atoms with Gasteiger partial charge in [-0.05, 0) is 24.6 Å². The highest BCUT2D eigenvalue weighted by molar-refractivity contribution is 7.90. The van der Waals surface area contributed by atoms with Crippen LogP contribution in [0.25, 0.3) is 11.2 Å². The van der Waals surface area contributed by atoms with Crippen molar-refractivity contribution in [2.45, 2.75) is 11.8 Å². The van der Waals surface area contributed by atoms with E-state index in [1.54, 1.807) is 18.2 Å². The zero-order valence-corrected chi connectivity index (χ0v) is 10.9. The fourth-order valence-corrected chi connectivity index (χ4v) is 3.16. The second-order valence-corrected chi connectivity index (χ2v) is 5.91. The third kappa shape index (κ3) is 1.88. The molecule has 1 aromatic carbocycles. The highest BCUT2D eigenvalue weighted by Gasteiger charge is 2.20. The molecule has 6 nitrogen and oxygen atoms in total. The smallest absolute Gasteiger partial charge is 0.242 e. The van der Waals surface area contributed by atoms with Gasteiger partial charge < -0.3 is 0 Å². The maximum atomic E-state index is 12.5. The van der Waals surface area contributed by atoms with Gasteiger partial charge in [-0.2, -0.15) is 0 Å². The standard InChI is InChI=1S/C12H10N4O2S/c1-9-3-2-4-10(5-9)19(17,18)16-8-15-11-6-13-7-14-12(11)16/h2-8H,1H3. The van der Waals surface area contributed by atoms with E-state index in [1.165, 1.54) is 18.9 Å². The average molecular weight is 274 g/mol. The summed E-state index contributed by atoms with van der Waals surface area (Å²) in [5.41, 5.74) is 1.59. The van der Waals surface area contributed by atoms with E-state index in [1.807, 2.05) is 13.0 Å². The summed E-state index contributed by atoms with van der Waals surface area (Å²) < 4.78 is 26.1. The lowest BCUT2D eigenvalue weighted by atomic mass is 10.2. The lowest BCUT2D eigenvalue weighted by Crippen LogP contribution is -2.12. The van der Waals surface area contributed by atoms with Crippen molar-refractivity contribution in [2.24, 2.45) is 0 Å². The SMILES string of the molecule is Cc1cccc(S(=O)(=O)n2cnc3cncnc32)c1. The number of fused-ring (bicyclic) bond motifs is 1. The topological polar surface area (TPSA) is 77.7 Å². The summed E-state index contributed by atoms with van der Waals surface area (Å²) in [5.74, 6) is 0. The molecule has 0 N–H and O–H groups in total. The second-order valence-electron chi connectivity index (χ2n) is 4.09. The molecule has 96 valence electrons. The summed E-state index contributed by atoms with van der Waals surface area (Å²) >= 11 is 0. The highest BCUT2D eigenvalue weighted by atomic mass is 32.2. The minimum atomic E-state index is -3.68. The molecule has 0 fully saturated rings. The highest BCUT2D eigenvalue weighted by Crippen LogP contribution is 2.18. The van der Waals surface area contributed by atoms with Crippen molar-refractivity contribution in [3.63, 3.8) is 0 Å². The Kier molecular flexibility index (Phi) is 2.56. The molecule has 0 atom stereocenters. The van der Waals surface area contributed by atoms with Crippen LogP contribution in [-0.4, -0.2) is 27.3 Å². The maximum absolute atomic E-state index is 12.5. The Balaban J connectivity index is 2.26. The van der Waals surface area contributed by atoms with Gasteiger partial charge >= 0.3 is 0 Å². The fourth-order valence-electron chi connectivity index (χ4n) is 1.81. The monoisotopic (exact) mass is 274 g/mol. The molecule has 0 bridgehead atoms. The van der Waals surface area contributed by atoms with Crippen LogP contribution in [-0.2, 0) is 10.0 Å². The zero-order valence-electron chi connectivity index (χ0n) is 10.1. The van der Waals surface area contributed by atoms with Gasteiger partial charge in [0.2, 0.25) is 0 Å². The van der Waals surface area contributed by atoms with Crippen LogP contribution < -0.4 is 0 Å². The molecule has 0 radical (unpaired) electrons. The van der Waals surface area contributed by atoms with Crippen LogP contribution in [0, 0.1) is 6.92 Å². The molecule has 2 aromatic heterocycles. The van der Waals surface area contributed by atoms with E-state index in [0.29, 0.717) is 5.52 Å². The summed E-state index contributed by atoms with van der Waals surface area (Å²) in [6, 6.07) is 6.71. The third-order valence-corrected chi connectivity index (χ3v) is 4.36. The van der Waals surface area contributed by atoms with Gasteiger partial charge in [0.25, 0.3) is 10.0 Å².